The molecule has 0 spiro atoms. The van der Waals surface area contributed by atoms with Gasteiger partial charge in [-0.2, -0.15) is 5.10 Å². The van der Waals surface area contributed by atoms with Crippen LogP contribution in [-0.4, -0.2) is 43.5 Å². The third-order valence-corrected chi connectivity index (χ3v) is 5.29. The number of pyridine rings is 1. The monoisotopic (exact) mass is 409 g/mol. The van der Waals surface area contributed by atoms with E-state index in [1.54, 1.807) is 19.2 Å². The van der Waals surface area contributed by atoms with Crippen LogP contribution in [0.4, 0.5) is 10.2 Å². The second-order valence-electron chi connectivity index (χ2n) is 7.22. The Morgan fingerprint density at radius 3 is 2.77 bits per heavy atom. The van der Waals surface area contributed by atoms with E-state index in [1.165, 1.54) is 50.8 Å². The maximum absolute atomic E-state index is 13.5. The van der Waals surface area contributed by atoms with E-state index in [-0.39, 0.29) is 34.2 Å². The molecule has 3 aromatic rings. The van der Waals surface area contributed by atoms with Crippen molar-refractivity contribution in [1.82, 2.24) is 19.2 Å². The topological polar surface area (TPSA) is 103 Å². The molecule has 1 saturated heterocycles. The Morgan fingerprint density at radius 1 is 1.23 bits per heavy atom. The number of nitrogen functional groups attached to an aromatic ring is 1. The first-order valence-electron chi connectivity index (χ1n) is 9.48. The summed E-state index contributed by atoms with van der Waals surface area (Å²) in [5.41, 5.74) is 6.64. The van der Waals surface area contributed by atoms with Crippen LogP contribution in [0.15, 0.2) is 53.6 Å². The van der Waals surface area contributed by atoms with Gasteiger partial charge in [-0.3, -0.25) is 14.4 Å². The predicted octanol–water partition coefficient (Wildman–Crippen LogP) is 1.78. The highest BCUT2D eigenvalue weighted by Crippen LogP contribution is 2.26. The van der Waals surface area contributed by atoms with Gasteiger partial charge in [-0.25, -0.2) is 9.07 Å². The Labute approximate surface area is 171 Å². The molecule has 2 aromatic heterocycles. The van der Waals surface area contributed by atoms with Crippen molar-refractivity contribution < 1.29 is 14.0 Å². The smallest absolute Gasteiger partial charge is 0.254 e. The molecule has 0 saturated carbocycles. The van der Waals surface area contributed by atoms with Gasteiger partial charge >= 0.3 is 0 Å². The normalized spacial score (nSPS) is 16.1. The van der Waals surface area contributed by atoms with Crippen LogP contribution in [0.1, 0.15) is 33.6 Å². The first-order chi connectivity index (χ1) is 14.4. The highest BCUT2D eigenvalue weighted by atomic mass is 19.1. The van der Waals surface area contributed by atoms with Crippen LogP contribution in [0.3, 0.4) is 0 Å². The van der Waals surface area contributed by atoms with E-state index in [2.05, 4.69) is 5.10 Å². The van der Waals surface area contributed by atoms with Crippen LogP contribution in [0.25, 0.3) is 5.69 Å². The van der Waals surface area contributed by atoms with Gasteiger partial charge in [0, 0.05) is 31.4 Å². The summed E-state index contributed by atoms with van der Waals surface area (Å²) >= 11 is 0. The van der Waals surface area contributed by atoms with Crippen LogP contribution in [0, 0.1) is 5.82 Å². The summed E-state index contributed by atoms with van der Waals surface area (Å²) in [6, 6.07) is 7.83. The van der Waals surface area contributed by atoms with E-state index >= 15 is 0 Å². The number of hydrogen-bond donors (Lipinski definition) is 1. The molecule has 8 nitrogen and oxygen atoms in total. The van der Waals surface area contributed by atoms with Gasteiger partial charge in [0.1, 0.15) is 11.6 Å². The molecular weight excluding hydrogens is 389 g/mol. The molecule has 154 valence electrons. The Kier molecular flexibility index (Phi) is 4.94. The largest absolute Gasteiger partial charge is 0.383 e. The first-order valence-corrected chi connectivity index (χ1v) is 9.48. The van der Waals surface area contributed by atoms with Gasteiger partial charge < -0.3 is 15.2 Å². The molecule has 0 bridgehead atoms. The number of anilines is 1. The fourth-order valence-corrected chi connectivity index (χ4v) is 3.67. The van der Waals surface area contributed by atoms with E-state index in [1.807, 2.05) is 0 Å². The number of nitrogens with zero attached hydrogens (tertiary/aromatic N) is 4. The standard InChI is InChI=1S/C21H20FN5O3/c1-25-9-7-13(10-18(25)28)21(30)26-8-3-6-17(26)19(29)16-12-24-27(20(16)23)15-5-2-4-14(22)11-15/h2,4-5,7,9-12,17H,3,6,8,23H2,1H3/t17-/m1/s1. The van der Waals surface area contributed by atoms with E-state index in [0.29, 0.717) is 25.1 Å². The van der Waals surface area contributed by atoms with Gasteiger partial charge in [-0.1, -0.05) is 6.07 Å². The lowest BCUT2D eigenvalue weighted by Crippen LogP contribution is -2.41. The molecule has 0 unspecified atom stereocenters. The van der Waals surface area contributed by atoms with Crippen molar-refractivity contribution in [2.24, 2.45) is 7.05 Å². The Bertz CT molecular complexity index is 1200. The number of amides is 1. The number of carbonyl (C=O) groups is 2. The van der Waals surface area contributed by atoms with Crippen LogP contribution in [-0.2, 0) is 7.05 Å². The second-order valence-corrected chi connectivity index (χ2v) is 7.22. The number of halogens is 1. The number of hydrogen-bond acceptors (Lipinski definition) is 5. The highest BCUT2D eigenvalue weighted by molar-refractivity contribution is 6.07. The van der Waals surface area contributed by atoms with Gasteiger partial charge in [0.25, 0.3) is 11.5 Å². The lowest BCUT2D eigenvalue weighted by atomic mass is 10.0. The number of aryl methyl sites for hydroxylation is 1. The Balaban J connectivity index is 1.62. The molecule has 1 atom stereocenters. The molecule has 1 fully saturated rings. The highest BCUT2D eigenvalue weighted by Gasteiger charge is 2.36. The Morgan fingerprint density at radius 2 is 2.03 bits per heavy atom. The maximum atomic E-state index is 13.5. The third-order valence-electron chi connectivity index (χ3n) is 5.29. The number of ketones is 1. The van der Waals surface area contributed by atoms with Crippen LogP contribution in [0.5, 0.6) is 0 Å². The number of nitrogens with two attached hydrogens (primary N) is 1. The summed E-state index contributed by atoms with van der Waals surface area (Å²) in [6.45, 7) is 0.405. The van der Waals surface area contributed by atoms with Crippen molar-refractivity contribution in [1.29, 1.82) is 0 Å². The van der Waals surface area contributed by atoms with Gasteiger partial charge in [0.05, 0.1) is 23.5 Å². The molecule has 2 N–H and O–H groups in total. The number of aromatic nitrogens is 3. The van der Waals surface area contributed by atoms with Crippen molar-refractivity contribution in [3.8, 4) is 5.69 Å². The Hall–Kier alpha value is -3.75. The lowest BCUT2D eigenvalue weighted by Gasteiger charge is -2.23. The van der Waals surface area contributed by atoms with Crippen molar-refractivity contribution in [3.05, 3.63) is 76.1 Å². The molecule has 1 aromatic carbocycles. The third kappa shape index (κ3) is 3.38. The summed E-state index contributed by atoms with van der Waals surface area (Å²) in [5, 5.41) is 4.13. The number of carbonyl (C=O) groups excluding carboxylic acids is 2. The zero-order valence-electron chi connectivity index (χ0n) is 16.3. The van der Waals surface area contributed by atoms with Crippen molar-refractivity contribution in [2.45, 2.75) is 18.9 Å². The maximum Gasteiger partial charge on any atom is 0.254 e. The molecule has 1 aliphatic heterocycles. The molecule has 3 heterocycles. The molecule has 0 radical (unpaired) electrons. The van der Waals surface area contributed by atoms with Crippen LogP contribution >= 0.6 is 0 Å². The number of likely N-dealkylation sites (tertiary alicyclic amines) is 1. The minimum absolute atomic E-state index is 0.0819. The quantitative estimate of drug-likeness (QED) is 0.662. The lowest BCUT2D eigenvalue weighted by molar-refractivity contribution is 0.0671. The minimum Gasteiger partial charge on any atom is -0.383 e. The van der Waals surface area contributed by atoms with Crippen LogP contribution < -0.4 is 11.3 Å². The van der Waals surface area contributed by atoms with Gasteiger partial charge in [-0.05, 0) is 37.1 Å². The fraction of sp³-hybridized carbons (Fsp3) is 0.238. The number of Topliss-reactive ketones (excluding diaryl/α,β-unsaturated/α-hetero) is 1. The average molecular weight is 409 g/mol. The number of benzene rings is 1. The summed E-state index contributed by atoms with van der Waals surface area (Å²) in [5.74, 6) is -1.07. The van der Waals surface area contributed by atoms with Gasteiger partial charge in [0.2, 0.25) is 0 Å². The molecule has 0 aliphatic carbocycles. The van der Waals surface area contributed by atoms with Gasteiger partial charge in [0.15, 0.2) is 5.78 Å². The minimum atomic E-state index is -0.700. The zero-order valence-corrected chi connectivity index (χ0v) is 16.3. The molecule has 4 rings (SSSR count). The van der Waals surface area contributed by atoms with Crippen molar-refractivity contribution in [2.75, 3.05) is 12.3 Å². The van der Waals surface area contributed by atoms with Crippen molar-refractivity contribution >= 4 is 17.5 Å². The van der Waals surface area contributed by atoms with E-state index in [9.17, 15) is 18.8 Å². The molecule has 1 aliphatic rings. The number of rotatable bonds is 4. The first kappa shape index (κ1) is 19.6. The molecule has 9 heteroatoms. The summed E-state index contributed by atoms with van der Waals surface area (Å²) < 4.78 is 16.2. The van der Waals surface area contributed by atoms with E-state index < -0.39 is 11.9 Å². The average Bonchev–Trinajstić information content (AvgIpc) is 3.36. The van der Waals surface area contributed by atoms with E-state index in [0.717, 1.165) is 0 Å². The summed E-state index contributed by atoms with van der Waals surface area (Å²) in [7, 11) is 1.60. The predicted molar refractivity (Wildman–Crippen MR) is 108 cm³/mol. The van der Waals surface area contributed by atoms with Crippen molar-refractivity contribution in [3.63, 3.8) is 0 Å². The second kappa shape index (κ2) is 7.58. The van der Waals surface area contributed by atoms with Crippen LogP contribution in [0.2, 0.25) is 0 Å². The molecular formula is C21H20FN5O3. The SMILES string of the molecule is Cn1ccc(C(=O)N2CCC[C@@H]2C(=O)c2cnn(-c3cccc(F)c3)c2N)cc1=O. The summed E-state index contributed by atoms with van der Waals surface area (Å²) in [4.78, 5) is 39.5. The fourth-order valence-electron chi connectivity index (χ4n) is 3.67. The van der Waals surface area contributed by atoms with Gasteiger partial charge in [-0.15, -0.1) is 0 Å². The zero-order chi connectivity index (χ0) is 21.4. The molecule has 1 amide bonds. The summed E-state index contributed by atoms with van der Waals surface area (Å²) in [6.07, 6.45) is 4.00. The van der Waals surface area contributed by atoms with E-state index in [4.69, 9.17) is 5.73 Å². The molecule has 30 heavy (non-hydrogen) atoms.